The van der Waals surface area contributed by atoms with Crippen LogP contribution in [0.15, 0.2) is 48.5 Å². The molecule has 0 aliphatic carbocycles. The lowest BCUT2D eigenvalue weighted by atomic mass is 10.2. The first-order valence-electron chi connectivity index (χ1n) is 7.20. The van der Waals surface area contributed by atoms with Crippen molar-refractivity contribution in [3.63, 3.8) is 0 Å². The van der Waals surface area contributed by atoms with Crippen LogP contribution >= 0.6 is 0 Å². The number of hydrogen-bond donors (Lipinski definition) is 3. The molecule has 6 nitrogen and oxygen atoms in total. The van der Waals surface area contributed by atoms with Crippen LogP contribution in [0.4, 0.5) is 0 Å². The van der Waals surface area contributed by atoms with Crippen molar-refractivity contribution in [2.75, 3.05) is 0 Å². The van der Waals surface area contributed by atoms with Gasteiger partial charge in [-0.15, -0.1) is 0 Å². The average molecular weight is 312 g/mol. The maximum Gasteiger partial charge on any atom is 0.305 e. The van der Waals surface area contributed by atoms with E-state index in [4.69, 9.17) is 5.11 Å². The molecular weight excluding hydrogens is 296 g/mol. The van der Waals surface area contributed by atoms with Gasteiger partial charge in [-0.25, -0.2) is 4.98 Å². The quantitative estimate of drug-likeness (QED) is 0.627. The van der Waals surface area contributed by atoms with E-state index < -0.39 is 12.3 Å². The van der Waals surface area contributed by atoms with Crippen molar-refractivity contribution in [3.05, 3.63) is 54.1 Å². The van der Waals surface area contributed by atoms with Gasteiger partial charge in [0.05, 0.1) is 17.5 Å². The number of benzene rings is 2. The molecule has 0 radical (unpaired) electrons. The first-order chi connectivity index (χ1) is 11.1. The minimum atomic E-state index is -1.57. The molecule has 0 aliphatic heterocycles. The lowest BCUT2D eigenvalue weighted by Crippen LogP contribution is -2.06. The first-order valence-corrected chi connectivity index (χ1v) is 7.20. The maximum absolute atomic E-state index is 10.9. The molecule has 0 amide bonds. The Morgan fingerprint density at radius 2 is 1.87 bits per heavy atom. The molecule has 0 saturated carbocycles. The smallest absolute Gasteiger partial charge is 0.305 e. The van der Waals surface area contributed by atoms with E-state index in [1.165, 1.54) is 0 Å². The molecule has 0 fully saturated rings. The van der Waals surface area contributed by atoms with Gasteiger partial charge in [-0.3, -0.25) is 4.79 Å². The summed E-state index contributed by atoms with van der Waals surface area (Å²) >= 11 is 0. The van der Waals surface area contributed by atoms with Gasteiger partial charge in [0.15, 0.2) is 6.29 Å². The highest BCUT2D eigenvalue weighted by Gasteiger charge is 2.15. The van der Waals surface area contributed by atoms with Gasteiger partial charge in [0.1, 0.15) is 5.82 Å². The normalized spacial score (nSPS) is 11.3. The highest BCUT2D eigenvalue weighted by Crippen LogP contribution is 2.27. The molecule has 6 heteroatoms. The van der Waals surface area contributed by atoms with Crippen LogP contribution in [0.5, 0.6) is 0 Å². The summed E-state index contributed by atoms with van der Waals surface area (Å²) in [4.78, 5) is 15.5. The maximum atomic E-state index is 10.9. The number of aromatic nitrogens is 2. The summed E-state index contributed by atoms with van der Waals surface area (Å²) in [5.41, 5.74) is 2.58. The van der Waals surface area contributed by atoms with Gasteiger partial charge >= 0.3 is 5.97 Å². The second-order valence-electron chi connectivity index (χ2n) is 5.22. The lowest BCUT2D eigenvalue weighted by molar-refractivity contribution is -0.137. The Hall–Kier alpha value is -2.70. The summed E-state index contributed by atoms with van der Waals surface area (Å²) in [5.74, 6) is -0.223. The molecule has 0 aliphatic rings. The van der Waals surface area contributed by atoms with Crippen LogP contribution in [0.1, 0.15) is 18.3 Å². The number of fused-ring (bicyclic) bond motifs is 1. The standard InChI is InChI=1S/C17H16N2O4/c20-15(21)8-9-19-14-7-6-12(17(22)23)10-13(14)18-16(19)11-4-2-1-3-5-11/h1-7,10,17,22-23H,8-9H2,(H,20,21). The summed E-state index contributed by atoms with van der Waals surface area (Å²) < 4.78 is 1.84. The van der Waals surface area contributed by atoms with Gasteiger partial charge in [0.2, 0.25) is 0 Å². The third kappa shape index (κ3) is 3.08. The van der Waals surface area contributed by atoms with Crippen molar-refractivity contribution in [1.29, 1.82) is 0 Å². The molecule has 0 saturated heterocycles. The van der Waals surface area contributed by atoms with E-state index in [0.29, 0.717) is 16.9 Å². The Kier molecular flexibility index (Phi) is 4.10. The van der Waals surface area contributed by atoms with Gasteiger partial charge in [0.25, 0.3) is 0 Å². The molecule has 0 bridgehead atoms. The Bertz CT molecular complexity index is 840. The molecule has 3 rings (SSSR count). The molecule has 1 heterocycles. The largest absolute Gasteiger partial charge is 0.481 e. The molecule has 1 aromatic heterocycles. The fourth-order valence-electron chi connectivity index (χ4n) is 2.55. The van der Waals surface area contributed by atoms with Gasteiger partial charge in [-0.1, -0.05) is 36.4 Å². The number of carboxylic acids is 1. The summed E-state index contributed by atoms with van der Waals surface area (Å²) in [5, 5.41) is 27.6. The van der Waals surface area contributed by atoms with Crippen LogP contribution in [0, 0.1) is 0 Å². The SMILES string of the molecule is O=C(O)CCn1c(-c2ccccc2)nc2cc(C(O)O)ccc21. The van der Waals surface area contributed by atoms with Crippen molar-refractivity contribution in [2.45, 2.75) is 19.3 Å². The first kappa shape index (κ1) is 15.2. The Balaban J connectivity index is 2.16. The number of aliphatic carboxylic acids is 1. The zero-order valence-electron chi connectivity index (χ0n) is 12.3. The fourth-order valence-corrected chi connectivity index (χ4v) is 2.55. The zero-order valence-corrected chi connectivity index (χ0v) is 12.3. The summed E-state index contributed by atoms with van der Waals surface area (Å²) in [6.07, 6.45) is -1.58. The Morgan fingerprint density at radius 3 is 2.52 bits per heavy atom. The number of imidazole rings is 1. The molecule has 0 atom stereocenters. The van der Waals surface area contributed by atoms with Gasteiger partial charge in [0, 0.05) is 17.7 Å². The topological polar surface area (TPSA) is 95.6 Å². The van der Waals surface area contributed by atoms with E-state index >= 15 is 0 Å². The second kappa shape index (κ2) is 6.20. The monoisotopic (exact) mass is 312 g/mol. The highest BCUT2D eigenvalue weighted by atomic mass is 16.5. The van der Waals surface area contributed by atoms with Crippen LogP contribution in [-0.4, -0.2) is 30.8 Å². The Labute approximate surface area is 132 Å². The second-order valence-corrected chi connectivity index (χ2v) is 5.22. The molecule has 0 spiro atoms. The van der Waals surface area contributed by atoms with E-state index in [0.717, 1.165) is 11.1 Å². The number of aliphatic hydroxyl groups excluding tert-OH is 1. The molecule has 2 aromatic carbocycles. The Morgan fingerprint density at radius 1 is 1.13 bits per heavy atom. The van der Waals surface area contributed by atoms with E-state index in [1.54, 1.807) is 18.2 Å². The van der Waals surface area contributed by atoms with Crippen LogP contribution < -0.4 is 0 Å². The van der Waals surface area contributed by atoms with Crippen molar-refractivity contribution >= 4 is 17.0 Å². The number of carbonyl (C=O) groups is 1. The minimum Gasteiger partial charge on any atom is -0.481 e. The summed E-state index contributed by atoms with van der Waals surface area (Å²) in [6.45, 7) is 0.289. The van der Waals surface area contributed by atoms with Gasteiger partial charge < -0.3 is 19.9 Å². The number of hydrogen-bond acceptors (Lipinski definition) is 4. The molecule has 118 valence electrons. The van der Waals surface area contributed by atoms with Crippen molar-refractivity contribution in [1.82, 2.24) is 9.55 Å². The summed E-state index contributed by atoms with van der Waals surface area (Å²) in [7, 11) is 0. The lowest BCUT2D eigenvalue weighted by Gasteiger charge is -2.08. The zero-order chi connectivity index (χ0) is 16.4. The van der Waals surface area contributed by atoms with E-state index in [2.05, 4.69) is 4.98 Å². The van der Waals surface area contributed by atoms with Gasteiger partial charge in [-0.2, -0.15) is 0 Å². The number of nitrogens with zero attached hydrogens (tertiary/aromatic N) is 2. The number of rotatable bonds is 5. The van der Waals surface area contributed by atoms with E-state index in [-0.39, 0.29) is 13.0 Å². The van der Waals surface area contributed by atoms with Crippen molar-refractivity contribution < 1.29 is 20.1 Å². The van der Waals surface area contributed by atoms with E-state index in [1.807, 2.05) is 34.9 Å². The van der Waals surface area contributed by atoms with Gasteiger partial charge in [-0.05, 0) is 12.1 Å². The minimum absolute atomic E-state index is 0.0182. The van der Waals surface area contributed by atoms with Crippen LogP contribution in [0.3, 0.4) is 0 Å². The van der Waals surface area contributed by atoms with Crippen LogP contribution in [0.25, 0.3) is 22.4 Å². The average Bonchev–Trinajstić information content (AvgIpc) is 2.91. The molecule has 3 N–H and O–H groups in total. The number of aliphatic hydroxyl groups is 2. The third-order valence-corrected chi connectivity index (χ3v) is 3.65. The number of aryl methyl sites for hydroxylation is 1. The van der Waals surface area contributed by atoms with Crippen molar-refractivity contribution in [3.8, 4) is 11.4 Å². The summed E-state index contributed by atoms with van der Waals surface area (Å²) in [6, 6.07) is 14.4. The molecular formula is C17H16N2O4. The highest BCUT2D eigenvalue weighted by molar-refractivity contribution is 5.81. The predicted octanol–water partition coefficient (Wildman–Crippen LogP) is 2.16. The predicted molar refractivity (Wildman–Crippen MR) is 84.6 cm³/mol. The van der Waals surface area contributed by atoms with E-state index in [9.17, 15) is 15.0 Å². The van der Waals surface area contributed by atoms with Crippen LogP contribution in [-0.2, 0) is 11.3 Å². The number of carboxylic acid groups (broad SMARTS) is 1. The molecule has 3 aromatic rings. The van der Waals surface area contributed by atoms with Crippen molar-refractivity contribution in [2.24, 2.45) is 0 Å². The molecule has 0 unspecified atom stereocenters. The molecule has 23 heavy (non-hydrogen) atoms. The fraction of sp³-hybridized carbons (Fsp3) is 0.176. The van der Waals surface area contributed by atoms with Crippen LogP contribution in [0.2, 0.25) is 0 Å². The third-order valence-electron chi connectivity index (χ3n) is 3.65.